The van der Waals surface area contributed by atoms with Crippen molar-refractivity contribution in [2.45, 2.75) is 6.04 Å². The molecule has 0 spiro atoms. The van der Waals surface area contributed by atoms with Gasteiger partial charge in [-0.15, -0.1) is 0 Å². The van der Waals surface area contributed by atoms with Crippen molar-refractivity contribution in [1.29, 1.82) is 0 Å². The third-order valence-corrected chi connectivity index (χ3v) is 1.23. The lowest BCUT2D eigenvalue weighted by atomic mass is 10.3. The Balaban J connectivity index is 3.64. The van der Waals surface area contributed by atoms with Crippen molar-refractivity contribution in [1.82, 2.24) is 5.32 Å². The highest BCUT2D eigenvalue weighted by Gasteiger charge is 2.11. The molecule has 1 amide bonds. The minimum atomic E-state index is -0.769. The van der Waals surface area contributed by atoms with Crippen molar-refractivity contribution < 1.29 is 14.3 Å². The highest BCUT2D eigenvalue weighted by atomic mass is 16.5. The molecule has 0 saturated heterocycles. The molecule has 0 bridgehead atoms. The maximum absolute atomic E-state index is 10.9. The lowest BCUT2D eigenvalue weighted by molar-refractivity contribution is -0.141. The van der Waals surface area contributed by atoms with Gasteiger partial charge in [0.15, 0.2) is 0 Å². The summed E-state index contributed by atoms with van der Waals surface area (Å²) in [7, 11) is 1.23. The van der Waals surface area contributed by atoms with Crippen LogP contribution in [-0.4, -0.2) is 38.1 Å². The van der Waals surface area contributed by atoms with E-state index in [1.165, 1.54) is 7.11 Å². The first kappa shape index (κ1) is 10.9. The SMILES string of the molecule is COC(=O)CNC(=O)C(N)CN. The molecule has 1 unspecified atom stereocenters. The van der Waals surface area contributed by atoms with Crippen LogP contribution in [0.4, 0.5) is 0 Å². The first-order chi connectivity index (χ1) is 5.61. The van der Waals surface area contributed by atoms with Crippen molar-refractivity contribution in [3.63, 3.8) is 0 Å². The Labute approximate surface area is 70.2 Å². The molecule has 0 heterocycles. The second-order valence-electron chi connectivity index (χ2n) is 2.14. The number of carbonyl (C=O) groups excluding carboxylic acids is 2. The number of carbonyl (C=O) groups is 2. The highest BCUT2D eigenvalue weighted by molar-refractivity contribution is 5.85. The zero-order valence-corrected chi connectivity index (χ0v) is 6.87. The molecule has 5 N–H and O–H groups in total. The summed E-state index contributed by atoms with van der Waals surface area (Å²) in [5, 5.41) is 2.27. The molecule has 6 nitrogen and oxygen atoms in total. The van der Waals surface area contributed by atoms with Gasteiger partial charge in [-0.3, -0.25) is 9.59 Å². The number of nitrogens with two attached hydrogens (primary N) is 2. The number of nitrogens with one attached hydrogen (secondary N) is 1. The molecule has 0 aliphatic heterocycles. The smallest absolute Gasteiger partial charge is 0.325 e. The van der Waals surface area contributed by atoms with Gasteiger partial charge in [0.05, 0.1) is 13.2 Å². The number of ether oxygens (including phenoxy) is 1. The third kappa shape index (κ3) is 3.89. The predicted octanol–water partition coefficient (Wildman–Crippen LogP) is -2.44. The third-order valence-electron chi connectivity index (χ3n) is 1.23. The van der Waals surface area contributed by atoms with Gasteiger partial charge >= 0.3 is 5.97 Å². The molecular weight excluding hydrogens is 162 g/mol. The van der Waals surface area contributed by atoms with Gasteiger partial charge in [-0.25, -0.2) is 0 Å². The summed E-state index contributed by atoms with van der Waals surface area (Å²) in [5.74, 6) is -0.976. The summed E-state index contributed by atoms with van der Waals surface area (Å²) in [6, 6.07) is -0.769. The van der Waals surface area contributed by atoms with Crippen LogP contribution in [0.3, 0.4) is 0 Å². The maximum Gasteiger partial charge on any atom is 0.325 e. The lowest BCUT2D eigenvalue weighted by Gasteiger charge is -2.08. The molecule has 0 aliphatic carbocycles. The first-order valence-corrected chi connectivity index (χ1v) is 3.42. The second-order valence-corrected chi connectivity index (χ2v) is 2.14. The Morgan fingerprint density at radius 2 is 2.17 bits per heavy atom. The fourth-order valence-corrected chi connectivity index (χ4v) is 0.470. The molecule has 0 aromatic heterocycles. The van der Waals surface area contributed by atoms with Crippen LogP contribution in [-0.2, 0) is 14.3 Å². The minimum absolute atomic E-state index is 0.0486. The Bertz CT molecular complexity index is 171. The Kier molecular flexibility index (Phi) is 4.98. The Hall–Kier alpha value is -1.14. The van der Waals surface area contributed by atoms with E-state index in [9.17, 15) is 9.59 Å². The van der Waals surface area contributed by atoms with E-state index in [0.29, 0.717) is 0 Å². The molecule has 6 heteroatoms. The molecule has 0 fully saturated rings. The molecule has 1 atom stereocenters. The summed E-state index contributed by atoms with van der Waals surface area (Å²) in [6.07, 6.45) is 0. The molecule has 0 rings (SSSR count). The summed E-state index contributed by atoms with van der Waals surface area (Å²) >= 11 is 0. The lowest BCUT2D eigenvalue weighted by Crippen LogP contribution is -2.46. The molecular formula is C6H13N3O3. The van der Waals surface area contributed by atoms with E-state index in [2.05, 4.69) is 10.1 Å². The van der Waals surface area contributed by atoms with Gasteiger partial charge in [0.1, 0.15) is 6.54 Å². The van der Waals surface area contributed by atoms with Crippen LogP contribution in [0, 0.1) is 0 Å². The molecule has 70 valence electrons. The number of amides is 1. The van der Waals surface area contributed by atoms with E-state index < -0.39 is 17.9 Å². The first-order valence-electron chi connectivity index (χ1n) is 3.42. The van der Waals surface area contributed by atoms with E-state index >= 15 is 0 Å². The van der Waals surface area contributed by atoms with Crippen molar-refractivity contribution in [3.8, 4) is 0 Å². The fourth-order valence-electron chi connectivity index (χ4n) is 0.470. The van der Waals surface area contributed by atoms with E-state index in [0.717, 1.165) is 0 Å². The van der Waals surface area contributed by atoms with Gasteiger partial charge in [0.2, 0.25) is 5.91 Å². The fraction of sp³-hybridized carbons (Fsp3) is 0.667. The van der Waals surface area contributed by atoms with Gasteiger partial charge in [0.25, 0.3) is 0 Å². The predicted molar refractivity (Wildman–Crippen MR) is 42.1 cm³/mol. The standard InChI is InChI=1S/C6H13N3O3/c1-12-5(10)3-9-6(11)4(8)2-7/h4H,2-3,7-8H2,1H3,(H,9,11). The summed E-state index contributed by atoms with van der Waals surface area (Å²) in [5.41, 5.74) is 10.4. The number of esters is 1. The van der Waals surface area contributed by atoms with Crippen molar-refractivity contribution in [3.05, 3.63) is 0 Å². The van der Waals surface area contributed by atoms with Crippen molar-refractivity contribution >= 4 is 11.9 Å². The molecule has 12 heavy (non-hydrogen) atoms. The van der Waals surface area contributed by atoms with Gasteiger partial charge in [0, 0.05) is 6.54 Å². The van der Waals surface area contributed by atoms with E-state index in [1.807, 2.05) is 0 Å². The normalized spacial score (nSPS) is 11.9. The van der Waals surface area contributed by atoms with Gasteiger partial charge in [-0.05, 0) is 0 Å². The molecule has 0 radical (unpaired) electrons. The number of methoxy groups -OCH3 is 1. The minimum Gasteiger partial charge on any atom is -0.468 e. The maximum atomic E-state index is 10.9. The summed E-state index contributed by atoms with van der Waals surface area (Å²) in [4.78, 5) is 21.4. The quantitative estimate of drug-likeness (QED) is 0.411. The van der Waals surface area contributed by atoms with Crippen LogP contribution in [0.1, 0.15) is 0 Å². The van der Waals surface area contributed by atoms with Gasteiger partial charge in [-0.1, -0.05) is 0 Å². The van der Waals surface area contributed by atoms with E-state index in [4.69, 9.17) is 11.5 Å². The van der Waals surface area contributed by atoms with Gasteiger partial charge in [-0.2, -0.15) is 0 Å². The summed E-state index contributed by atoms with van der Waals surface area (Å²) in [6.45, 7) is -0.129. The Morgan fingerprint density at radius 3 is 2.58 bits per heavy atom. The molecule has 0 aliphatic rings. The largest absolute Gasteiger partial charge is 0.468 e. The summed E-state index contributed by atoms with van der Waals surface area (Å²) < 4.78 is 4.29. The van der Waals surface area contributed by atoms with Crippen molar-refractivity contribution in [2.75, 3.05) is 20.2 Å². The zero-order chi connectivity index (χ0) is 9.56. The second kappa shape index (κ2) is 5.50. The van der Waals surface area contributed by atoms with Crippen LogP contribution in [0.5, 0.6) is 0 Å². The topological polar surface area (TPSA) is 107 Å². The molecule has 0 aromatic rings. The van der Waals surface area contributed by atoms with E-state index in [1.54, 1.807) is 0 Å². The average Bonchev–Trinajstić information content (AvgIpc) is 2.11. The molecule has 0 aromatic carbocycles. The van der Waals surface area contributed by atoms with Gasteiger partial charge < -0.3 is 21.5 Å². The Morgan fingerprint density at radius 1 is 1.58 bits per heavy atom. The zero-order valence-electron chi connectivity index (χ0n) is 6.87. The van der Waals surface area contributed by atoms with E-state index in [-0.39, 0.29) is 13.1 Å². The number of hydrogen-bond acceptors (Lipinski definition) is 5. The molecule has 0 saturated carbocycles. The highest BCUT2D eigenvalue weighted by Crippen LogP contribution is 1.75. The monoisotopic (exact) mass is 175 g/mol. The van der Waals surface area contributed by atoms with Crippen LogP contribution in [0.15, 0.2) is 0 Å². The van der Waals surface area contributed by atoms with Crippen LogP contribution >= 0.6 is 0 Å². The van der Waals surface area contributed by atoms with Crippen LogP contribution in [0.2, 0.25) is 0 Å². The van der Waals surface area contributed by atoms with Crippen LogP contribution in [0.25, 0.3) is 0 Å². The average molecular weight is 175 g/mol. The van der Waals surface area contributed by atoms with Crippen LogP contribution < -0.4 is 16.8 Å². The number of hydrogen-bond donors (Lipinski definition) is 3. The number of rotatable bonds is 4. The van der Waals surface area contributed by atoms with Crippen molar-refractivity contribution in [2.24, 2.45) is 11.5 Å².